The van der Waals surface area contributed by atoms with E-state index in [1.54, 1.807) is 0 Å². The number of nitrogens with one attached hydrogen (secondary N) is 1. The second kappa shape index (κ2) is 6.07. The third kappa shape index (κ3) is 4.49. The highest BCUT2D eigenvalue weighted by Gasteiger charge is 2.42. The van der Waals surface area contributed by atoms with Gasteiger partial charge >= 0.3 is 6.18 Å². The number of hydrogen-bond acceptors (Lipinski definition) is 1. The van der Waals surface area contributed by atoms with E-state index in [1.807, 2.05) is 0 Å². The average molecular weight is 251 g/mol. The van der Waals surface area contributed by atoms with Gasteiger partial charge in [-0.15, -0.1) is 0 Å². The molecule has 102 valence electrons. The Morgan fingerprint density at radius 1 is 1.24 bits per heavy atom. The van der Waals surface area contributed by atoms with Gasteiger partial charge in [-0.05, 0) is 31.6 Å². The molecule has 0 amide bonds. The quantitative estimate of drug-likeness (QED) is 0.792. The minimum Gasteiger partial charge on any atom is -0.311 e. The number of hydrogen-bond donors (Lipinski definition) is 1. The molecule has 3 atom stereocenters. The van der Waals surface area contributed by atoms with Crippen molar-refractivity contribution in [3.63, 3.8) is 0 Å². The molecule has 1 rings (SSSR count). The minimum atomic E-state index is -4.01. The van der Waals surface area contributed by atoms with Gasteiger partial charge in [0.25, 0.3) is 0 Å². The normalized spacial score (nSPS) is 28.4. The molecule has 0 aromatic rings. The topological polar surface area (TPSA) is 12.0 Å². The predicted octanol–water partition coefficient (Wildman–Crippen LogP) is 4.13. The number of halogens is 3. The van der Waals surface area contributed by atoms with Crippen LogP contribution in [0.15, 0.2) is 0 Å². The van der Waals surface area contributed by atoms with Crippen LogP contribution in [0.25, 0.3) is 0 Å². The van der Waals surface area contributed by atoms with Crippen molar-refractivity contribution in [3.8, 4) is 0 Å². The summed E-state index contributed by atoms with van der Waals surface area (Å²) in [5.41, 5.74) is 0. The molecular weight excluding hydrogens is 227 g/mol. The van der Waals surface area contributed by atoms with Crippen LogP contribution in [0, 0.1) is 11.8 Å². The highest BCUT2D eigenvalue weighted by molar-refractivity contribution is 4.84. The zero-order valence-electron chi connectivity index (χ0n) is 11.0. The molecular formula is C13H24F3N. The third-order valence-corrected chi connectivity index (χ3v) is 3.83. The molecule has 0 aromatic heterocycles. The lowest BCUT2D eigenvalue weighted by molar-refractivity contribution is -0.184. The molecule has 1 fully saturated rings. The summed E-state index contributed by atoms with van der Waals surface area (Å²) in [5, 5.41) is 3.41. The molecule has 1 nitrogen and oxygen atoms in total. The van der Waals surface area contributed by atoms with Crippen molar-refractivity contribution in [3.05, 3.63) is 0 Å². The molecule has 1 N–H and O–H groups in total. The van der Waals surface area contributed by atoms with Crippen LogP contribution in [0.3, 0.4) is 0 Å². The summed E-state index contributed by atoms with van der Waals surface area (Å²) >= 11 is 0. The highest BCUT2D eigenvalue weighted by Crippen LogP contribution is 2.37. The molecule has 3 unspecified atom stereocenters. The maximum atomic E-state index is 12.7. The van der Waals surface area contributed by atoms with Crippen LogP contribution in [0.2, 0.25) is 0 Å². The van der Waals surface area contributed by atoms with Gasteiger partial charge in [-0.1, -0.05) is 27.2 Å². The smallest absolute Gasteiger partial charge is 0.311 e. The third-order valence-electron chi connectivity index (χ3n) is 3.83. The second-order valence-corrected chi connectivity index (χ2v) is 5.53. The van der Waals surface area contributed by atoms with E-state index in [1.165, 1.54) is 0 Å². The van der Waals surface area contributed by atoms with Gasteiger partial charge in [0.2, 0.25) is 0 Å². The van der Waals surface area contributed by atoms with Gasteiger partial charge in [0, 0.05) is 12.1 Å². The summed E-state index contributed by atoms with van der Waals surface area (Å²) in [7, 11) is 0. The van der Waals surface area contributed by atoms with Gasteiger partial charge in [-0.3, -0.25) is 0 Å². The summed E-state index contributed by atoms with van der Waals surface area (Å²) in [4.78, 5) is 0. The van der Waals surface area contributed by atoms with Crippen molar-refractivity contribution in [2.75, 3.05) is 0 Å². The van der Waals surface area contributed by atoms with E-state index >= 15 is 0 Å². The molecule has 4 heteroatoms. The van der Waals surface area contributed by atoms with Crippen LogP contribution in [-0.4, -0.2) is 18.3 Å². The van der Waals surface area contributed by atoms with Gasteiger partial charge in [0.05, 0.1) is 5.92 Å². The van der Waals surface area contributed by atoms with Gasteiger partial charge in [0.1, 0.15) is 0 Å². The van der Waals surface area contributed by atoms with E-state index in [2.05, 4.69) is 26.1 Å². The van der Waals surface area contributed by atoms with Crippen molar-refractivity contribution < 1.29 is 13.2 Å². The van der Waals surface area contributed by atoms with Crippen LogP contribution in [0.1, 0.15) is 52.9 Å². The Bertz CT molecular complexity index is 223. The van der Waals surface area contributed by atoms with E-state index in [9.17, 15) is 13.2 Å². The largest absolute Gasteiger partial charge is 0.391 e. The van der Waals surface area contributed by atoms with E-state index in [4.69, 9.17) is 0 Å². The molecule has 17 heavy (non-hydrogen) atoms. The molecule has 1 aliphatic carbocycles. The first-order valence-corrected chi connectivity index (χ1v) is 6.67. The number of alkyl halides is 3. The SMILES string of the molecule is CCC(NC1CCCC(C(F)(F)F)C1)C(C)C. The summed E-state index contributed by atoms with van der Waals surface area (Å²) in [6.07, 6.45) is -0.899. The first-order valence-electron chi connectivity index (χ1n) is 6.67. The fourth-order valence-corrected chi connectivity index (χ4v) is 2.72. The lowest BCUT2D eigenvalue weighted by Crippen LogP contribution is -2.45. The summed E-state index contributed by atoms with van der Waals surface area (Å²) < 4.78 is 38.0. The Morgan fingerprint density at radius 3 is 2.35 bits per heavy atom. The fourth-order valence-electron chi connectivity index (χ4n) is 2.72. The van der Waals surface area contributed by atoms with Gasteiger partial charge in [-0.25, -0.2) is 0 Å². The van der Waals surface area contributed by atoms with E-state index in [-0.39, 0.29) is 12.5 Å². The van der Waals surface area contributed by atoms with Gasteiger partial charge in [0.15, 0.2) is 0 Å². The summed E-state index contributed by atoms with van der Waals surface area (Å²) in [6.45, 7) is 6.32. The second-order valence-electron chi connectivity index (χ2n) is 5.53. The van der Waals surface area contributed by atoms with E-state index in [0.29, 0.717) is 24.8 Å². The molecule has 0 aromatic carbocycles. The van der Waals surface area contributed by atoms with E-state index < -0.39 is 12.1 Å². The van der Waals surface area contributed by atoms with Crippen molar-refractivity contribution in [2.45, 2.75) is 71.1 Å². The van der Waals surface area contributed by atoms with Crippen molar-refractivity contribution in [1.29, 1.82) is 0 Å². The lowest BCUT2D eigenvalue weighted by Gasteiger charge is -2.34. The van der Waals surface area contributed by atoms with Crippen molar-refractivity contribution >= 4 is 0 Å². The zero-order chi connectivity index (χ0) is 13.1. The Hall–Kier alpha value is -0.250. The van der Waals surface area contributed by atoms with Crippen LogP contribution < -0.4 is 5.32 Å². The van der Waals surface area contributed by atoms with E-state index in [0.717, 1.165) is 12.8 Å². The predicted molar refractivity (Wildman–Crippen MR) is 63.9 cm³/mol. The van der Waals surface area contributed by atoms with Crippen LogP contribution in [-0.2, 0) is 0 Å². The Kier molecular flexibility index (Phi) is 5.29. The molecule has 1 aliphatic rings. The Labute approximate surface area is 102 Å². The van der Waals surface area contributed by atoms with Gasteiger partial charge < -0.3 is 5.32 Å². The molecule has 0 saturated heterocycles. The number of rotatable bonds is 4. The summed E-state index contributed by atoms with van der Waals surface area (Å²) in [6, 6.07) is 0.384. The van der Waals surface area contributed by atoms with Gasteiger partial charge in [-0.2, -0.15) is 13.2 Å². The minimum absolute atomic E-state index is 0.0442. The molecule has 0 heterocycles. The average Bonchev–Trinajstić information content (AvgIpc) is 2.24. The maximum absolute atomic E-state index is 12.7. The molecule has 0 bridgehead atoms. The first kappa shape index (κ1) is 14.8. The molecule has 0 spiro atoms. The lowest BCUT2D eigenvalue weighted by atomic mass is 9.84. The molecule has 1 saturated carbocycles. The Balaban J connectivity index is 2.49. The monoisotopic (exact) mass is 251 g/mol. The standard InChI is InChI=1S/C13H24F3N/c1-4-12(9(2)3)17-11-7-5-6-10(8-11)13(14,15)16/h9-12,17H,4-8H2,1-3H3. The van der Waals surface area contributed by atoms with Crippen molar-refractivity contribution in [1.82, 2.24) is 5.32 Å². The Morgan fingerprint density at radius 2 is 1.88 bits per heavy atom. The molecule has 0 radical (unpaired) electrons. The fraction of sp³-hybridized carbons (Fsp3) is 1.00. The zero-order valence-corrected chi connectivity index (χ0v) is 11.0. The van der Waals surface area contributed by atoms with Crippen LogP contribution >= 0.6 is 0 Å². The summed E-state index contributed by atoms with van der Waals surface area (Å²) in [5.74, 6) is -0.621. The highest BCUT2D eigenvalue weighted by atomic mass is 19.4. The maximum Gasteiger partial charge on any atom is 0.391 e. The van der Waals surface area contributed by atoms with Crippen LogP contribution in [0.5, 0.6) is 0 Å². The first-order chi connectivity index (χ1) is 7.84. The van der Waals surface area contributed by atoms with Crippen LogP contribution in [0.4, 0.5) is 13.2 Å². The van der Waals surface area contributed by atoms with Crippen molar-refractivity contribution in [2.24, 2.45) is 11.8 Å². The molecule has 0 aliphatic heterocycles.